The number of halogens is 2. The third-order valence-corrected chi connectivity index (χ3v) is 3.68. The number of rotatable bonds is 7. The average Bonchev–Trinajstić information content (AvgIpc) is 2.71. The molecule has 0 radical (unpaired) electrons. The van der Waals surface area contributed by atoms with Gasteiger partial charge in [0, 0.05) is 11.1 Å². The molecule has 0 amide bonds. The van der Waals surface area contributed by atoms with Crippen LogP contribution in [0.2, 0.25) is 0 Å². The summed E-state index contributed by atoms with van der Waals surface area (Å²) < 4.78 is 15.2. The Balaban J connectivity index is -0.00000132. The Bertz CT molecular complexity index is 831. The molecule has 0 spiro atoms. The number of carbonyl (C=O) groups is 1. The van der Waals surface area contributed by atoms with Gasteiger partial charge in [0.15, 0.2) is 11.5 Å². The van der Waals surface area contributed by atoms with Gasteiger partial charge >= 0.3 is 41.5 Å². The minimum Gasteiger partial charge on any atom is -0.693 e. The number of benzene rings is 2. The predicted molar refractivity (Wildman–Crippen MR) is 121 cm³/mol. The molecule has 9 N–H and O–H groups in total. The van der Waals surface area contributed by atoms with Crippen molar-refractivity contribution in [2.24, 2.45) is 0 Å². The van der Waals surface area contributed by atoms with Gasteiger partial charge in [0.05, 0.1) is 27.4 Å². The van der Waals surface area contributed by atoms with Crippen molar-refractivity contribution in [1.29, 1.82) is 0 Å². The fourth-order valence-corrected chi connectivity index (χ4v) is 2.47. The molecule has 13 heteroatoms. The maximum absolute atomic E-state index is 10.8. The van der Waals surface area contributed by atoms with Crippen LogP contribution < -0.4 is 14.2 Å². The van der Waals surface area contributed by atoms with Crippen LogP contribution in [0.5, 0.6) is 17.2 Å². The van der Waals surface area contributed by atoms with Gasteiger partial charge in [0.25, 0.3) is 0 Å². The zero-order valence-corrected chi connectivity index (χ0v) is 20.9. The Morgan fingerprint density at radius 1 is 0.938 bits per heavy atom. The summed E-state index contributed by atoms with van der Waals surface area (Å²) in [5, 5.41) is 27.5. The molecule has 0 bridgehead atoms. The molecule has 2 aromatic rings. The van der Waals surface area contributed by atoms with Crippen molar-refractivity contribution in [3.8, 4) is 17.2 Å². The molecular formula is C19H26Cl2N2O8Pt. The molecule has 0 aliphatic carbocycles. The molecule has 0 atom stereocenters. The van der Waals surface area contributed by atoms with E-state index in [9.17, 15) is 15.0 Å². The first-order valence-corrected chi connectivity index (χ1v) is 13.6. The number of methoxy groups -OCH3 is 2. The topological polar surface area (TPSA) is 204 Å². The van der Waals surface area contributed by atoms with Crippen molar-refractivity contribution < 1.29 is 56.3 Å². The Hall–Kier alpha value is -1.88. The van der Waals surface area contributed by atoms with Crippen molar-refractivity contribution in [2.75, 3.05) is 14.2 Å². The van der Waals surface area contributed by atoms with Crippen LogP contribution in [0.15, 0.2) is 30.3 Å². The largest absolute Gasteiger partial charge is 0.693 e. The van der Waals surface area contributed by atoms with E-state index in [0.717, 1.165) is 5.56 Å². The van der Waals surface area contributed by atoms with E-state index in [4.69, 9.17) is 33.4 Å². The second-order valence-electron chi connectivity index (χ2n) is 5.35. The van der Waals surface area contributed by atoms with Gasteiger partial charge in [-0.15, -0.1) is 0 Å². The van der Waals surface area contributed by atoms with Crippen LogP contribution in [0.1, 0.15) is 22.3 Å². The van der Waals surface area contributed by atoms with Crippen LogP contribution in [-0.4, -0.2) is 41.2 Å². The van der Waals surface area contributed by atoms with E-state index in [1.54, 1.807) is 36.4 Å². The van der Waals surface area contributed by atoms with E-state index < -0.39 is 22.6 Å². The summed E-state index contributed by atoms with van der Waals surface area (Å²) in [7, 11) is 12.8. The molecule has 0 aromatic heterocycles. The average molecular weight is 676 g/mol. The van der Waals surface area contributed by atoms with Crippen molar-refractivity contribution in [2.45, 2.75) is 13.2 Å². The third-order valence-electron chi connectivity index (χ3n) is 3.68. The monoisotopic (exact) mass is 675 g/mol. The molecule has 10 nitrogen and oxygen atoms in total. The van der Waals surface area contributed by atoms with Crippen LogP contribution in [-0.2, 0) is 29.7 Å². The standard InChI is InChI=1S/C19H20O7.2ClH.2H2N.H2O.Pt/c1-24-17-9-13(7-15(11-21)18(17)25-2)4-3-12-5-6-14(10-20)16(8-12)26-19(22)23;;;;;;/h3-9,20-21H,10-11H2,1-2H3,(H,22,23);2*1H;3*1H2;/q;;;2*-1;;+4/p-2/b4-3-;;;;;;. The van der Waals surface area contributed by atoms with Gasteiger partial charge in [-0.2, -0.15) is 0 Å². The smallest absolute Gasteiger partial charge is 0.693 e. The number of ether oxygens (including phenoxy) is 3. The van der Waals surface area contributed by atoms with Crippen LogP contribution in [0.4, 0.5) is 4.79 Å². The fraction of sp³-hybridized carbons (Fsp3) is 0.211. The molecular weight excluding hydrogens is 650 g/mol. The van der Waals surface area contributed by atoms with Crippen LogP contribution >= 0.6 is 18.8 Å². The third kappa shape index (κ3) is 10.6. The fourth-order valence-electron chi connectivity index (χ4n) is 2.47. The number of carboxylic acid groups (broad SMARTS) is 1. The summed E-state index contributed by atoms with van der Waals surface area (Å²) in [5.41, 5.74) is 2.40. The second kappa shape index (κ2) is 18.7. The van der Waals surface area contributed by atoms with Crippen LogP contribution in [0.25, 0.3) is 24.5 Å². The van der Waals surface area contributed by atoms with Gasteiger partial charge in [0.2, 0.25) is 0 Å². The molecule has 184 valence electrons. The van der Waals surface area contributed by atoms with E-state index >= 15 is 0 Å². The first kappa shape index (κ1) is 34.7. The van der Waals surface area contributed by atoms with Crippen molar-refractivity contribution in [1.82, 2.24) is 0 Å². The molecule has 32 heavy (non-hydrogen) atoms. The molecule has 0 unspecified atom stereocenters. The second-order valence-corrected chi connectivity index (χ2v) is 8.63. The van der Waals surface area contributed by atoms with Crippen LogP contribution in [0, 0.1) is 0 Å². The van der Waals surface area contributed by atoms with Gasteiger partial charge in [-0.1, -0.05) is 24.3 Å². The quantitative estimate of drug-likeness (QED) is 0.210. The number of aliphatic hydroxyl groups is 2. The zero-order chi connectivity index (χ0) is 21.8. The molecule has 2 rings (SSSR count). The minimum atomic E-state index is -1.45. The normalized spacial score (nSPS) is 9.44. The number of aliphatic hydroxyl groups excluding tert-OH is 2. The van der Waals surface area contributed by atoms with Crippen LogP contribution in [0.3, 0.4) is 0 Å². The van der Waals surface area contributed by atoms with Gasteiger partial charge in [-0.25, -0.2) is 4.79 Å². The van der Waals surface area contributed by atoms with Gasteiger partial charge in [-0.05, 0) is 29.3 Å². The summed E-state index contributed by atoms with van der Waals surface area (Å²) in [5.74, 6) is 1.03. The van der Waals surface area contributed by atoms with Crippen molar-refractivity contribution in [3.05, 3.63) is 64.9 Å². The molecule has 0 heterocycles. The molecule has 0 aliphatic rings. The first-order valence-electron chi connectivity index (χ1n) is 7.94. The van der Waals surface area contributed by atoms with Crippen molar-refractivity contribution in [3.63, 3.8) is 0 Å². The maximum Gasteiger partial charge on any atom is -0.693 e. The zero-order valence-electron chi connectivity index (χ0n) is 17.2. The molecule has 0 saturated heterocycles. The molecule has 0 aliphatic heterocycles. The Kier molecular flexibility index (Phi) is 20.3. The Labute approximate surface area is 202 Å². The van der Waals surface area contributed by atoms with Gasteiger partial charge in [-0.3, -0.25) is 0 Å². The summed E-state index contributed by atoms with van der Waals surface area (Å²) in [6.45, 7) is -0.537. The maximum atomic E-state index is 10.8. The van der Waals surface area contributed by atoms with E-state index in [-0.39, 0.29) is 36.7 Å². The SMILES string of the molecule is COc1cc(/C=C\c2ccc(CO)c(OC(=O)O)c2)cc(CO)c1OC.O.[Cl][Pt+2][Cl].[NH2-].[NH2-]. The number of hydrogen-bond donors (Lipinski definition) is 3. The van der Waals surface area contributed by atoms with E-state index in [0.29, 0.717) is 28.2 Å². The van der Waals surface area contributed by atoms with E-state index in [1.807, 2.05) is 0 Å². The first-order chi connectivity index (χ1) is 13.9. The Morgan fingerprint density at radius 3 is 1.94 bits per heavy atom. The summed E-state index contributed by atoms with van der Waals surface area (Å²) >= 11 is -0.472. The number of hydrogen-bond acceptors (Lipinski definition) is 6. The molecule has 0 fully saturated rings. The van der Waals surface area contributed by atoms with Crippen molar-refractivity contribution >= 4 is 37.1 Å². The Morgan fingerprint density at radius 2 is 1.47 bits per heavy atom. The predicted octanol–water partition coefficient (Wildman–Crippen LogP) is 4.90. The van der Waals surface area contributed by atoms with E-state index in [1.165, 1.54) is 20.3 Å². The molecule has 2 aromatic carbocycles. The van der Waals surface area contributed by atoms with E-state index in [2.05, 4.69) is 4.74 Å². The summed E-state index contributed by atoms with van der Waals surface area (Å²) in [6, 6.07) is 8.35. The summed E-state index contributed by atoms with van der Waals surface area (Å²) in [4.78, 5) is 10.8. The summed E-state index contributed by atoms with van der Waals surface area (Å²) in [6.07, 6.45) is 2.08. The van der Waals surface area contributed by atoms with Gasteiger partial charge < -0.3 is 47.3 Å². The minimum absolute atomic E-state index is 0. The molecule has 0 saturated carbocycles. The number of nitrogens with two attached hydrogens (primary N) is 2. The van der Waals surface area contributed by atoms with Gasteiger partial charge in [0.1, 0.15) is 5.75 Å².